The molecule has 2 N–H and O–H groups in total. The zero-order valence-corrected chi connectivity index (χ0v) is 14.2. The molecule has 0 aliphatic rings. The van der Waals surface area contributed by atoms with Crippen molar-refractivity contribution in [3.63, 3.8) is 0 Å². The standard InChI is InChI=1S/C20H17ClN2O2/c21-17-6-7-18(20(24)25)19(12-17)23-10-8-14-3-1-4-15(11-14)16-5-2-9-22-13-16/h1-7,9,11-13,23H,8,10H2,(H,24,25). The van der Waals surface area contributed by atoms with E-state index in [2.05, 4.69) is 22.4 Å². The van der Waals surface area contributed by atoms with Crippen molar-refractivity contribution in [1.82, 2.24) is 4.98 Å². The van der Waals surface area contributed by atoms with Crippen LogP contribution in [-0.4, -0.2) is 22.6 Å². The molecule has 4 nitrogen and oxygen atoms in total. The van der Waals surface area contributed by atoms with Gasteiger partial charge in [-0.25, -0.2) is 4.79 Å². The predicted molar refractivity (Wildman–Crippen MR) is 100 cm³/mol. The molecule has 25 heavy (non-hydrogen) atoms. The molecule has 1 aromatic heterocycles. The van der Waals surface area contributed by atoms with Crippen LogP contribution >= 0.6 is 11.6 Å². The molecule has 0 atom stereocenters. The lowest BCUT2D eigenvalue weighted by atomic mass is 10.0. The molecule has 0 saturated heterocycles. The molecular weight excluding hydrogens is 336 g/mol. The second-order valence-electron chi connectivity index (χ2n) is 5.61. The van der Waals surface area contributed by atoms with E-state index >= 15 is 0 Å². The first-order valence-electron chi connectivity index (χ1n) is 7.89. The third-order valence-corrected chi connectivity index (χ3v) is 4.10. The summed E-state index contributed by atoms with van der Waals surface area (Å²) in [4.78, 5) is 15.4. The molecule has 5 heteroatoms. The molecule has 126 valence electrons. The summed E-state index contributed by atoms with van der Waals surface area (Å²) >= 11 is 5.97. The number of pyridine rings is 1. The Kier molecular flexibility index (Phi) is 5.31. The third kappa shape index (κ3) is 4.37. The highest BCUT2D eigenvalue weighted by Crippen LogP contribution is 2.22. The van der Waals surface area contributed by atoms with Gasteiger partial charge in [-0.3, -0.25) is 4.98 Å². The number of hydrogen-bond acceptors (Lipinski definition) is 3. The van der Waals surface area contributed by atoms with E-state index in [1.165, 1.54) is 6.07 Å². The van der Waals surface area contributed by atoms with E-state index in [1.807, 2.05) is 30.5 Å². The lowest BCUT2D eigenvalue weighted by Crippen LogP contribution is -2.09. The van der Waals surface area contributed by atoms with Crippen molar-refractivity contribution in [3.8, 4) is 11.1 Å². The average Bonchev–Trinajstić information content (AvgIpc) is 2.62. The molecule has 3 aromatic rings. The summed E-state index contributed by atoms with van der Waals surface area (Å²) in [6.07, 6.45) is 4.35. The number of rotatable bonds is 6. The second-order valence-corrected chi connectivity index (χ2v) is 6.05. The molecule has 0 spiro atoms. The van der Waals surface area contributed by atoms with Crippen molar-refractivity contribution in [2.45, 2.75) is 6.42 Å². The van der Waals surface area contributed by atoms with Crippen molar-refractivity contribution in [3.05, 3.63) is 83.1 Å². The van der Waals surface area contributed by atoms with Gasteiger partial charge in [0.1, 0.15) is 0 Å². The largest absolute Gasteiger partial charge is 0.478 e. The molecule has 0 aliphatic heterocycles. The van der Waals surface area contributed by atoms with Gasteiger partial charge in [0.25, 0.3) is 0 Å². The van der Waals surface area contributed by atoms with E-state index in [1.54, 1.807) is 18.3 Å². The number of aromatic carboxylic acids is 1. The third-order valence-electron chi connectivity index (χ3n) is 3.86. The highest BCUT2D eigenvalue weighted by atomic mass is 35.5. The molecular formula is C20H17ClN2O2. The first-order valence-corrected chi connectivity index (χ1v) is 8.27. The Hall–Kier alpha value is -2.85. The molecule has 3 rings (SSSR count). The Morgan fingerprint density at radius 3 is 2.68 bits per heavy atom. The van der Waals surface area contributed by atoms with Crippen LogP contribution in [0.4, 0.5) is 5.69 Å². The Morgan fingerprint density at radius 2 is 1.92 bits per heavy atom. The van der Waals surface area contributed by atoms with Crippen LogP contribution in [0, 0.1) is 0 Å². The van der Waals surface area contributed by atoms with Crippen LogP contribution in [0.3, 0.4) is 0 Å². The van der Waals surface area contributed by atoms with Crippen LogP contribution in [0.1, 0.15) is 15.9 Å². The number of hydrogen-bond donors (Lipinski definition) is 2. The average molecular weight is 353 g/mol. The Balaban J connectivity index is 1.69. The van der Waals surface area contributed by atoms with Gasteiger partial charge in [-0.1, -0.05) is 41.9 Å². The fourth-order valence-corrected chi connectivity index (χ4v) is 2.80. The van der Waals surface area contributed by atoms with Crippen molar-refractivity contribution in [2.24, 2.45) is 0 Å². The smallest absolute Gasteiger partial charge is 0.337 e. The molecule has 0 bridgehead atoms. The maximum Gasteiger partial charge on any atom is 0.337 e. The quantitative estimate of drug-likeness (QED) is 0.671. The summed E-state index contributed by atoms with van der Waals surface area (Å²) in [5, 5.41) is 12.9. The fourth-order valence-electron chi connectivity index (χ4n) is 2.63. The van der Waals surface area contributed by atoms with Gasteiger partial charge in [0.15, 0.2) is 0 Å². The molecule has 0 unspecified atom stereocenters. The minimum absolute atomic E-state index is 0.216. The number of anilines is 1. The first-order chi connectivity index (χ1) is 12.1. The van der Waals surface area contributed by atoms with Crippen LogP contribution in [0.2, 0.25) is 5.02 Å². The van der Waals surface area contributed by atoms with E-state index < -0.39 is 5.97 Å². The maximum absolute atomic E-state index is 11.3. The Morgan fingerprint density at radius 1 is 1.08 bits per heavy atom. The summed E-state index contributed by atoms with van der Waals surface area (Å²) in [5.74, 6) is -0.974. The van der Waals surface area contributed by atoms with Gasteiger partial charge in [-0.05, 0) is 47.4 Å². The van der Waals surface area contributed by atoms with Crippen molar-refractivity contribution in [2.75, 3.05) is 11.9 Å². The van der Waals surface area contributed by atoms with Gasteiger partial charge in [0.2, 0.25) is 0 Å². The van der Waals surface area contributed by atoms with Crippen molar-refractivity contribution >= 4 is 23.3 Å². The number of carboxylic acids is 1. The summed E-state index contributed by atoms with van der Waals surface area (Å²) in [5.41, 5.74) is 4.09. The minimum atomic E-state index is -0.974. The van der Waals surface area contributed by atoms with Crippen LogP contribution in [0.5, 0.6) is 0 Å². The second kappa shape index (κ2) is 7.81. The fraction of sp³-hybridized carbons (Fsp3) is 0.100. The molecule has 0 saturated carbocycles. The molecule has 1 heterocycles. The topological polar surface area (TPSA) is 62.2 Å². The monoisotopic (exact) mass is 352 g/mol. The van der Waals surface area contributed by atoms with Gasteiger partial charge in [-0.15, -0.1) is 0 Å². The normalized spacial score (nSPS) is 10.4. The van der Waals surface area contributed by atoms with Crippen molar-refractivity contribution < 1.29 is 9.90 Å². The van der Waals surface area contributed by atoms with Crippen molar-refractivity contribution in [1.29, 1.82) is 0 Å². The van der Waals surface area contributed by atoms with E-state index in [0.29, 0.717) is 17.3 Å². The molecule has 0 aliphatic carbocycles. The Labute approximate surface area is 151 Å². The molecule has 0 fully saturated rings. The zero-order valence-electron chi connectivity index (χ0n) is 13.4. The predicted octanol–water partition coefficient (Wildman–Crippen LogP) is 4.75. The van der Waals surface area contributed by atoms with Gasteiger partial charge in [0.05, 0.1) is 11.3 Å². The lowest BCUT2D eigenvalue weighted by molar-refractivity contribution is 0.0698. The number of nitrogens with one attached hydrogen (secondary N) is 1. The molecule has 2 aromatic carbocycles. The van der Waals surface area contributed by atoms with Gasteiger partial charge < -0.3 is 10.4 Å². The van der Waals surface area contributed by atoms with Crippen LogP contribution in [0.15, 0.2) is 67.0 Å². The summed E-state index contributed by atoms with van der Waals surface area (Å²) in [6.45, 7) is 0.608. The summed E-state index contributed by atoms with van der Waals surface area (Å²) in [7, 11) is 0. The number of benzene rings is 2. The van der Waals surface area contributed by atoms with E-state index in [-0.39, 0.29) is 5.56 Å². The summed E-state index contributed by atoms with van der Waals surface area (Å²) in [6, 6.07) is 16.9. The van der Waals surface area contributed by atoms with E-state index in [0.717, 1.165) is 23.1 Å². The van der Waals surface area contributed by atoms with E-state index in [4.69, 9.17) is 11.6 Å². The van der Waals surface area contributed by atoms with Gasteiger partial charge in [-0.2, -0.15) is 0 Å². The lowest BCUT2D eigenvalue weighted by Gasteiger charge is -2.11. The van der Waals surface area contributed by atoms with Crippen LogP contribution < -0.4 is 5.32 Å². The highest BCUT2D eigenvalue weighted by molar-refractivity contribution is 6.31. The first kappa shape index (κ1) is 17.0. The van der Waals surface area contributed by atoms with Gasteiger partial charge >= 0.3 is 5.97 Å². The van der Waals surface area contributed by atoms with E-state index in [9.17, 15) is 9.90 Å². The highest BCUT2D eigenvalue weighted by Gasteiger charge is 2.10. The van der Waals surface area contributed by atoms with Crippen LogP contribution in [0.25, 0.3) is 11.1 Å². The number of carbonyl (C=O) groups is 1. The number of aromatic nitrogens is 1. The number of carboxylic acid groups (broad SMARTS) is 1. The molecule has 0 amide bonds. The van der Waals surface area contributed by atoms with Gasteiger partial charge in [0, 0.05) is 24.0 Å². The SMILES string of the molecule is O=C(O)c1ccc(Cl)cc1NCCc1cccc(-c2cccnc2)c1. The summed E-state index contributed by atoms with van der Waals surface area (Å²) < 4.78 is 0. The minimum Gasteiger partial charge on any atom is -0.478 e. The molecule has 0 radical (unpaired) electrons. The van der Waals surface area contributed by atoms with Crippen LogP contribution in [-0.2, 0) is 6.42 Å². The number of nitrogens with zero attached hydrogens (tertiary/aromatic N) is 1. The zero-order chi connectivity index (χ0) is 17.6. The maximum atomic E-state index is 11.3. The Bertz CT molecular complexity index is 882. The number of halogens is 1.